The molecular formula is C14H19FO2. The molecule has 0 N–H and O–H groups in total. The molecule has 17 heavy (non-hydrogen) atoms. The van der Waals surface area contributed by atoms with Gasteiger partial charge in [0.25, 0.3) is 0 Å². The van der Waals surface area contributed by atoms with Crippen molar-refractivity contribution in [3.63, 3.8) is 0 Å². The number of rotatable bonds is 2. The summed E-state index contributed by atoms with van der Waals surface area (Å²) >= 11 is 0. The topological polar surface area (TPSA) is 18.5 Å². The van der Waals surface area contributed by atoms with Crippen LogP contribution in [0.25, 0.3) is 0 Å². The first kappa shape index (κ1) is 12.4. The van der Waals surface area contributed by atoms with Crippen LogP contribution in [0.2, 0.25) is 0 Å². The molecule has 0 saturated carbocycles. The first-order chi connectivity index (χ1) is 7.78. The minimum atomic E-state index is -0.351. The van der Waals surface area contributed by atoms with Gasteiger partial charge in [0.05, 0.1) is 5.60 Å². The summed E-state index contributed by atoms with van der Waals surface area (Å²) in [6.45, 7) is 8.10. The molecule has 1 aliphatic rings. The van der Waals surface area contributed by atoms with Gasteiger partial charge in [0.1, 0.15) is 23.3 Å². The summed E-state index contributed by atoms with van der Waals surface area (Å²) in [5.74, 6) is 0.280. The maximum Gasteiger partial charge on any atom is 0.130 e. The number of hydrogen-bond donors (Lipinski definition) is 0. The van der Waals surface area contributed by atoms with Crippen LogP contribution in [0.5, 0.6) is 5.75 Å². The lowest BCUT2D eigenvalue weighted by Crippen LogP contribution is -2.36. The third-order valence-electron chi connectivity index (χ3n) is 3.07. The van der Waals surface area contributed by atoms with Crippen LogP contribution in [0.3, 0.4) is 0 Å². The van der Waals surface area contributed by atoms with Crippen molar-refractivity contribution >= 4 is 0 Å². The normalized spacial score (nSPS) is 25.8. The average molecular weight is 238 g/mol. The van der Waals surface area contributed by atoms with E-state index in [1.54, 1.807) is 12.1 Å². The Labute approximate surface area is 102 Å². The van der Waals surface area contributed by atoms with Gasteiger partial charge in [-0.25, -0.2) is 4.39 Å². The Bertz CT molecular complexity index is 412. The zero-order valence-electron chi connectivity index (χ0n) is 10.8. The Morgan fingerprint density at radius 1 is 1.29 bits per heavy atom. The van der Waals surface area contributed by atoms with E-state index in [-0.39, 0.29) is 23.1 Å². The summed E-state index contributed by atoms with van der Waals surface area (Å²) in [5.41, 5.74) is -0.544. The molecule has 0 aliphatic carbocycles. The van der Waals surface area contributed by atoms with Gasteiger partial charge in [-0.1, -0.05) is 6.07 Å². The fourth-order valence-electron chi connectivity index (χ4n) is 2.40. The predicted molar refractivity (Wildman–Crippen MR) is 64.7 cm³/mol. The van der Waals surface area contributed by atoms with Crippen molar-refractivity contribution in [3.8, 4) is 5.75 Å². The molecule has 94 valence electrons. The van der Waals surface area contributed by atoms with Crippen molar-refractivity contribution in [3.05, 3.63) is 30.1 Å². The molecule has 0 aromatic heterocycles. The highest BCUT2D eigenvalue weighted by Gasteiger charge is 2.47. The molecule has 1 aliphatic heterocycles. The summed E-state index contributed by atoms with van der Waals surface area (Å²) < 4.78 is 24.8. The minimum absolute atomic E-state index is 0.0562. The lowest BCUT2D eigenvalue weighted by atomic mass is 9.97. The second-order valence-electron chi connectivity index (χ2n) is 5.73. The Morgan fingerprint density at radius 3 is 2.53 bits per heavy atom. The number of benzene rings is 1. The van der Waals surface area contributed by atoms with E-state index in [1.165, 1.54) is 12.1 Å². The zero-order chi connectivity index (χ0) is 12.7. The Balaban J connectivity index is 2.14. The van der Waals surface area contributed by atoms with Crippen LogP contribution in [0.15, 0.2) is 24.3 Å². The highest BCUT2D eigenvalue weighted by molar-refractivity contribution is 5.23. The molecule has 0 bridgehead atoms. The van der Waals surface area contributed by atoms with Gasteiger partial charge in [0.15, 0.2) is 0 Å². The molecule has 1 unspecified atom stereocenters. The third kappa shape index (κ3) is 2.78. The van der Waals surface area contributed by atoms with E-state index >= 15 is 0 Å². The standard InChI is InChI=1S/C14H19FO2/c1-13(2)9-12(14(3,4)17-13)16-11-7-5-6-10(15)8-11/h5-8,12H,9H2,1-4H3. The van der Waals surface area contributed by atoms with Gasteiger partial charge in [-0.15, -0.1) is 0 Å². The van der Waals surface area contributed by atoms with Crippen molar-refractivity contribution < 1.29 is 13.9 Å². The quantitative estimate of drug-likeness (QED) is 0.784. The number of ether oxygens (including phenoxy) is 2. The lowest BCUT2D eigenvalue weighted by Gasteiger charge is -2.27. The Morgan fingerprint density at radius 2 is 2.00 bits per heavy atom. The van der Waals surface area contributed by atoms with E-state index in [4.69, 9.17) is 9.47 Å². The lowest BCUT2D eigenvalue weighted by molar-refractivity contribution is -0.0846. The second-order valence-corrected chi connectivity index (χ2v) is 5.73. The SMILES string of the molecule is CC1(C)CC(Oc2cccc(F)c2)C(C)(C)O1. The molecule has 0 spiro atoms. The molecule has 2 nitrogen and oxygen atoms in total. The van der Waals surface area contributed by atoms with Crippen LogP contribution in [0.4, 0.5) is 4.39 Å². The van der Waals surface area contributed by atoms with Crippen LogP contribution < -0.4 is 4.74 Å². The van der Waals surface area contributed by atoms with Crippen molar-refractivity contribution in [1.82, 2.24) is 0 Å². The summed E-state index contributed by atoms with van der Waals surface area (Å²) in [6.07, 6.45) is 0.746. The van der Waals surface area contributed by atoms with Gasteiger partial charge in [0, 0.05) is 12.5 Å². The van der Waals surface area contributed by atoms with Crippen LogP contribution in [0, 0.1) is 5.82 Å². The average Bonchev–Trinajstić information content (AvgIpc) is 2.34. The fourth-order valence-corrected chi connectivity index (χ4v) is 2.40. The smallest absolute Gasteiger partial charge is 0.130 e. The van der Waals surface area contributed by atoms with Gasteiger partial charge in [-0.05, 0) is 39.8 Å². The van der Waals surface area contributed by atoms with Crippen molar-refractivity contribution in [1.29, 1.82) is 0 Å². The second kappa shape index (κ2) is 3.98. The van der Waals surface area contributed by atoms with Gasteiger partial charge in [0.2, 0.25) is 0 Å². The van der Waals surface area contributed by atoms with Gasteiger partial charge in [-0.2, -0.15) is 0 Å². The molecule has 0 amide bonds. The molecule has 1 atom stereocenters. The summed E-state index contributed by atoms with van der Waals surface area (Å²) in [6, 6.07) is 6.23. The van der Waals surface area contributed by atoms with E-state index in [0.29, 0.717) is 5.75 Å². The summed E-state index contributed by atoms with van der Waals surface area (Å²) in [7, 11) is 0. The molecule has 1 aromatic carbocycles. The molecule has 3 heteroatoms. The van der Waals surface area contributed by atoms with Gasteiger partial charge >= 0.3 is 0 Å². The van der Waals surface area contributed by atoms with Crippen LogP contribution in [-0.2, 0) is 4.74 Å². The summed E-state index contributed by atoms with van der Waals surface area (Å²) in [5, 5.41) is 0. The molecule has 1 aromatic rings. The van der Waals surface area contributed by atoms with Gasteiger partial charge < -0.3 is 9.47 Å². The molecule has 1 heterocycles. The first-order valence-electron chi connectivity index (χ1n) is 5.91. The van der Waals surface area contributed by atoms with E-state index in [2.05, 4.69) is 0 Å². The summed E-state index contributed by atoms with van der Waals surface area (Å²) in [4.78, 5) is 0. The maximum atomic E-state index is 13.1. The van der Waals surface area contributed by atoms with Gasteiger partial charge in [-0.3, -0.25) is 0 Å². The van der Waals surface area contributed by atoms with E-state index in [1.807, 2.05) is 27.7 Å². The number of halogens is 1. The maximum absolute atomic E-state index is 13.1. The van der Waals surface area contributed by atoms with E-state index < -0.39 is 0 Å². The third-order valence-corrected chi connectivity index (χ3v) is 3.07. The largest absolute Gasteiger partial charge is 0.487 e. The van der Waals surface area contributed by atoms with E-state index in [0.717, 1.165) is 6.42 Å². The molecule has 1 saturated heterocycles. The predicted octanol–water partition coefficient (Wildman–Crippen LogP) is 3.55. The molecule has 2 rings (SSSR count). The van der Waals surface area contributed by atoms with Crippen molar-refractivity contribution in [2.75, 3.05) is 0 Å². The molecule has 1 fully saturated rings. The van der Waals surface area contributed by atoms with Crippen LogP contribution in [-0.4, -0.2) is 17.3 Å². The van der Waals surface area contributed by atoms with Crippen LogP contribution in [0.1, 0.15) is 34.1 Å². The Kier molecular flexibility index (Phi) is 2.90. The first-order valence-corrected chi connectivity index (χ1v) is 5.91. The Hall–Kier alpha value is -1.09. The number of hydrogen-bond acceptors (Lipinski definition) is 2. The van der Waals surface area contributed by atoms with Crippen molar-refractivity contribution in [2.24, 2.45) is 0 Å². The zero-order valence-corrected chi connectivity index (χ0v) is 10.8. The van der Waals surface area contributed by atoms with Crippen molar-refractivity contribution in [2.45, 2.75) is 51.4 Å². The molecule has 0 radical (unpaired) electrons. The van der Waals surface area contributed by atoms with E-state index in [9.17, 15) is 4.39 Å². The fraction of sp³-hybridized carbons (Fsp3) is 0.571. The minimum Gasteiger partial charge on any atom is -0.487 e. The highest BCUT2D eigenvalue weighted by Crippen LogP contribution is 2.39. The molecular weight excluding hydrogens is 219 g/mol. The van der Waals surface area contributed by atoms with Crippen LogP contribution >= 0.6 is 0 Å². The monoisotopic (exact) mass is 238 g/mol. The highest BCUT2D eigenvalue weighted by atomic mass is 19.1.